The third-order valence-corrected chi connectivity index (χ3v) is 2.22. The van der Waals surface area contributed by atoms with E-state index in [0.717, 1.165) is 0 Å². The minimum absolute atomic E-state index is 0.526. The van der Waals surface area contributed by atoms with Crippen LogP contribution in [-0.2, 0) is 9.53 Å². The van der Waals surface area contributed by atoms with Crippen LogP contribution in [0.3, 0.4) is 0 Å². The van der Waals surface area contributed by atoms with Crippen LogP contribution < -0.4 is 0 Å². The van der Waals surface area contributed by atoms with E-state index in [9.17, 15) is 4.79 Å². The largest absolute Gasteiger partial charge is 0.479 e. The first-order valence-corrected chi connectivity index (χ1v) is 5.11. The number of rotatable bonds is 2. The van der Waals surface area contributed by atoms with Crippen molar-refractivity contribution in [2.45, 2.75) is 43.7 Å². The molecule has 0 aromatic carbocycles. The molecule has 1 aliphatic rings. The van der Waals surface area contributed by atoms with E-state index in [4.69, 9.17) is 35.7 Å². The second-order valence-electron chi connectivity index (χ2n) is 3.73. The zero-order chi connectivity index (χ0) is 14.5. The summed E-state index contributed by atoms with van der Waals surface area (Å²) >= 11 is 0. The number of carboxylic acids is 1. The van der Waals surface area contributed by atoms with Gasteiger partial charge in [-0.2, -0.15) is 0 Å². The molecule has 0 aromatic rings. The first-order chi connectivity index (χ1) is 8.22. The van der Waals surface area contributed by atoms with Gasteiger partial charge in [0.25, 0.3) is 0 Å². The van der Waals surface area contributed by atoms with Gasteiger partial charge in [-0.25, -0.2) is 4.79 Å². The Hall–Kier alpha value is -0.810. The molecule has 9 heteroatoms. The lowest BCUT2D eigenvalue weighted by molar-refractivity contribution is -0.286. The molecule has 0 radical (unpaired) electrons. The van der Waals surface area contributed by atoms with E-state index in [-0.39, 0.29) is 0 Å². The highest BCUT2D eigenvalue weighted by Crippen LogP contribution is 2.18. The molecule has 2 unspecified atom stereocenters. The third-order valence-electron chi connectivity index (χ3n) is 2.22. The molecule has 0 spiro atoms. The first-order valence-electron chi connectivity index (χ1n) is 5.11. The molecule has 9 nitrogen and oxygen atoms in total. The van der Waals surface area contributed by atoms with Gasteiger partial charge in [-0.3, -0.25) is 0 Å². The lowest BCUT2D eigenvalue weighted by Crippen LogP contribution is -2.58. The highest BCUT2D eigenvalue weighted by molar-refractivity contribution is 5.71. The second kappa shape index (κ2) is 7.59. The Morgan fingerprint density at radius 2 is 1.61 bits per heavy atom. The SMILES string of the molecule is CC(O)C(=O)O.OC[C@H]1OC(O)[C@H](O)[C@@H](O)[C@@H]1O. The predicted octanol–water partition coefficient (Wildman–Crippen LogP) is -3.77. The fraction of sp³-hybridized carbons (Fsp3) is 0.889. The van der Waals surface area contributed by atoms with Gasteiger partial charge >= 0.3 is 5.97 Å². The fourth-order valence-corrected chi connectivity index (χ4v) is 1.08. The van der Waals surface area contributed by atoms with Gasteiger partial charge in [-0.1, -0.05) is 0 Å². The summed E-state index contributed by atoms with van der Waals surface area (Å²) in [6.45, 7) is 0.671. The summed E-state index contributed by atoms with van der Waals surface area (Å²) in [4.78, 5) is 9.45. The number of aliphatic hydroxyl groups excluding tert-OH is 6. The summed E-state index contributed by atoms with van der Waals surface area (Å²) in [6, 6.07) is 0. The van der Waals surface area contributed by atoms with Crippen LogP contribution >= 0.6 is 0 Å². The van der Waals surface area contributed by atoms with E-state index in [2.05, 4.69) is 4.74 Å². The average Bonchev–Trinajstić information content (AvgIpc) is 2.31. The maximum atomic E-state index is 9.45. The highest BCUT2D eigenvalue weighted by Gasteiger charge is 2.42. The van der Waals surface area contributed by atoms with Crippen molar-refractivity contribution in [2.75, 3.05) is 6.61 Å². The van der Waals surface area contributed by atoms with Gasteiger partial charge in [0.2, 0.25) is 0 Å². The lowest BCUT2D eigenvalue weighted by Gasteiger charge is -2.37. The van der Waals surface area contributed by atoms with Crippen LogP contribution in [0.25, 0.3) is 0 Å². The van der Waals surface area contributed by atoms with Crippen LogP contribution in [0.1, 0.15) is 6.92 Å². The van der Waals surface area contributed by atoms with E-state index in [1.807, 2.05) is 0 Å². The lowest BCUT2D eigenvalue weighted by atomic mass is 10.00. The number of carbonyl (C=O) groups is 1. The van der Waals surface area contributed by atoms with Crippen molar-refractivity contribution < 1.29 is 45.3 Å². The van der Waals surface area contributed by atoms with Crippen LogP contribution in [-0.4, -0.2) is 85.1 Å². The molecule has 0 saturated carbocycles. The number of hydrogen-bond donors (Lipinski definition) is 7. The number of hydrogen-bond acceptors (Lipinski definition) is 8. The Labute approximate surface area is 102 Å². The van der Waals surface area contributed by atoms with Gasteiger partial charge in [-0.15, -0.1) is 0 Å². The van der Waals surface area contributed by atoms with Crippen LogP contribution in [0.5, 0.6) is 0 Å². The number of aliphatic carboxylic acids is 1. The Morgan fingerprint density at radius 1 is 1.17 bits per heavy atom. The molecule has 0 amide bonds. The minimum atomic E-state index is -1.57. The van der Waals surface area contributed by atoms with Crippen molar-refractivity contribution in [1.82, 2.24) is 0 Å². The maximum Gasteiger partial charge on any atom is 0.332 e. The van der Waals surface area contributed by atoms with Crippen molar-refractivity contribution >= 4 is 5.97 Å². The Balaban J connectivity index is 0.000000411. The van der Waals surface area contributed by atoms with Gasteiger partial charge in [-0.05, 0) is 6.92 Å². The molecule has 1 fully saturated rings. The maximum absolute atomic E-state index is 9.45. The molecular formula is C9H18O9. The Kier molecular flexibility index (Phi) is 7.25. The monoisotopic (exact) mass is 270 g/mol. The van der Waals surface area contributed by atoms with Crippen molar-refractivity contribution in [3.8, 4) is 0 Å². The number of ether oxygens (including phenoxy) is 1. The summed E-state index contributed by atoms with van der Waals surface area (Å²) in [5.74, 6) is -1.19. The molecule has 108 valence electrons. The van der Waals surface area contributed by atoms with Crippen molar-refractivity contribution in [2.24, 2.45) is 0 Å². The van der Waals surface area contributed by atoms with Gasteiger partial charge in [0.15, 0.2) is 6.29 Å². The van der Waals surface area contributed by atoms with E-state index in [1.165, 1.54) is 6.92 Å². The summed E-state index contributed by atoms with van der Waals surface area (Å²) in [5, 5.41) is 60.4. The predicted molar refractivity (Wildman–Crippen MR) is 55.3 cm³/mol. The second-order valence-corrected chi connectivity index (χ2v) is 3.73. The van der Waals surface area contributed by atoms with Crippen LogP contribution in [0.4, 0.5) is 0 Å². The standard InChI is InChI=1S/C6H12O6.C3H6O3/c7-1-2-3(8)4(9)5(10)6(11)12-2;1-2(4)3(5)6/h2-11H,1H2;2,4H,1H3,(H,5,6)/t2-,3-,4+,5-,6?;/m1./s1. The van der Waals surface area contributed by atoms with E-state index in [0.29, 0.717) is 0 Å². The zero-order valence-corrected chi connectivity index (χ0v) is 9.62. The van der Waals surface area contributed by atoms with Crippen molar-refractivity contribution in [1.29, 1.82) is 0 Å². The average molecular weight is 270 g/mol. The zero-order valence-electron chi connectivity index (χ0n) is 9.62. The van der Waals surface area contributed by atoms with Gasteiger partial charge in [0.1, 0.15) is 30.5 Å². The quantitative estimate of drug-likeness (QED) is 0.266. The smallest absolute Gasteiger partial charge is 0.332 e. The molecule has 18 heavy (non-hydrogen) atoms. The molecule has 7 N–H and O–H groups in total. The summed E-state index contributed by atoms with van der Waals surface area (Å²) in [7, 11) is 0. The normalized spacial score (nSPS) is 37.4. The van der Waals surface area contributed by atoms with Crippen LogP contribution in [0.15, 0.2) is 0 Å². The molecule has 0 bridgehead atoms. The molecule has 1 rings (SSSR count). The van der Waals surface area contributed by atoms with Crippen LogP contribution in [0, 0.1) is 0 Å². The highest BCUT2D eigenvalue weighted by atomic mass is 16.6. The summed E-state index contributed by atoms with van der Waals surface area (Å²) in [5.41, 5.74) is 0. The van der Waals surface area contributed by atoms with Gasteiger partial charge < -0.3 is 40.5 Å². The summed E-state index contributed by atoms with van der Waals surface area (Å²) in [6.07, 6.45) is -8.27. The molecule has 1 aliphatic heterocycles. The van der Waals surface area contributed by atoms with Gasteiger partial charge in [0, 0.05) is 0 Å². The Morgan fingerprint density at radius 3 is 1.94 bits per heavy atom. The molecule has 1 saturated heterocycles. The molecule has 0 aliphatic carbocycles. The van der Waals surface area contributed by atoms with Crippen molar-refractivity contribution in [3.05, 3.63) is 0 Å². The minimum Gasteiger partial charge on any atom is -0.479 e. The van der Waals surface area contributed by atoms with Crippen LogP contribution in [0.2, 0.25) is 0 Å². The number of aliphatic hydroxyl groups is 6. The van der Waals surface area contributed by atoms with Crippen molar-refractivity contribution in [3.63, 3.8) is 0 Å². The summed E-state index contributed by atoms with van der Waals surface area (Å²) < 4.78 is 4.58. The van der Waals surface area contributed by atoms with E-state index in [1.54, 1.807) is 0 Å². The van der Waals surface area contributed by atoms with E-state index >= 15 is 0 Å². The Bertz CT molecular complexity index is 252. The fourth-order valence-electron chi connectivity index (χ4n) is 1.08. The number of carboxylic acid groups (broad SMARTS) is 1. The first kappa shape index (κ1) is 17.2. The van der Waals surface area contributed by atoms with E-state index < -0.39 is 49.4 Å². The molecule has 0 aromatic heterocycles. The van der Waals surface area contributed by atoms with Gasteiger partial charge in [0.05, 0.1) is 6.61 Å². The molecule has 1 heterocycles. The third kappa shape index (κ3) is 4.82. The molecular weight excluding hydrogens is 252 g/mol. The molecule has 6 atom stereocenters. The topological polar surface area (TPSA) is 168 Å².